The molecule has 6 aliphatic rings. The van der Waals surface area contributed by atoms with E-state index in [1.807, 2.05) is 6.92 Å². The molecule has 0 unspecified atom stereocenters. The van der Waals surface area contributed by atoms with Gasteiger partial charge in [0.1, 0.15) is 0 Å². The Labute approximate surface area is 222 Å². The van der Waals surface area contributed by atoms with Crippen LogP contribution in [-0.2, 0) is 14.4 Å². The van der Waals surface area contributed by atoms with Crippen LogP contribution in [0.5, 0.6) is 0 Å². The van der Waals surface area contributed by atoms with Gasteiger partial charge in [0.25, 0.3) is 5.69 Å². The number of nitro benzene ring substituents is 1. The van der Waals surface area contributed by atoms with Gasteiger partial charge in [0.15, 0.2) is 0 Å². The van der Waals surface area contributed by atoms with Crippen molar-refractivity contribution < 1.29 is 24.4 Å². The first-order valence-corrected chi connectivity index (χ1v) is 13.9. The molecule has 8 heteroatoms. The van der Waals surface area contributed by atoms with Crippen LogP contribution in [0.25, 0.3) is 0 Å². The van der Waals surface area contributed by atoms with Gasteiger partial charge in [-0.3, -0.25) is 24.5 Å². The van der Waals surface area contributed by atoms with E-state index < -0.39 is 33.6 Å². The highest BCUT2D eigenvalue weighted by atomic mass is 16.6. The van der Waals surface area contributed by atoms with Crippen molar-refractivity contribution in [2.45, 2.75) is 66.2 Å². The van der Waals surface area contributed by atoms with Crippen LogP contribution >= 0.6 is 0 Å². The molecule has 7 rings (SSSR count). The zero-order valence-electron chi connectivity index (χ0n) is 22.5. The highest BCUT2D eigenvalue weighted by Crippen LogP contribution is 2.74. The number of fused-ring (bicyclic) bond motifs is 1. The molecule has 0 aromatic heterocycles. The Balaban J connectivity index is 1.48. The van der Waals surface area contributed by atoms with Crippen molar-refractivity contribution in [3.05, 3.63) is 46.0 Å². The summed E-state index contributed by atoms with van der Waals surface area (Å²) < 4.78 is 0. The number of hydrogen-bond donors (Lipinski definition) is 1. The van der Waals surface area contributed by atoms with Crippen LogP contribution in [-0.4, -0.2) is 27.8 Å². The smallest absolute Gasteiger partial charge is 0.309 e. The molecule has 38 heavy (non-hydrogen) atoms. The summed E-state index contributed by atoms with van der Waals surface area (Å²) in [6.45, 7) is 8.44. The minimum absolute atomic E-state index is 0.0191. The quantitative estimate of drug-likeness (QED) is 0.239. The molecule has 8 nitrogen and oxygen atoms in total. The number of non-ortho nitro benzene ring substituents is 1. The number of rotatable bonds is 4. The standard InChI is InChI=1S/C30H36N2O6/c1-16(2)20-15-30-12-9-21-28(3,10-6-11-29(21,4)27(35)36)22(30)14-19(20)23-24(30)26(34)31(25(23)33)17-7-5-8-18(13-17)32(37)38/h5,7-8,13,15-16,19,21-24H,6,9-12,14H2,1-4H3,(H,35,36)/t19-,21-,22+,23-,24+,28+,29-,30+/m1/s1. The third-order valence-corrected chi connectivity index (χ3v) is 11.5. The van der Waals surface area contributed by atoms with Crippen LogP contribution in [0.4, 0.5) is 11.4 Å². The molecule has 1 N–H and O–H groups in total. The molecule has 1 spiro atoms. The first-order chi connectivity index (χ1) is 17.9. The molecule has 0 radical (unpaired) electrons. The van der Waals surface area contributed by atoms with Crippen LogP contribution in [0.2, 0.25) is 0 Å². The summed E-state index contributed by atoms with van der Waals surface area (Å²) >= 11 is 0. The molecule has 1 saturated heterocycles. The summed E-state index contributed by atoms with van der Waals surface area (Å²) in [6, 6.07) is 5.80. The second kappa shape index (κ2) is 7.99. The molecular weight excluding hydrogens is 484 g/mol. The molecule has 2 amide bonds. The maximum absolute atomic E-state index is 14.3. The average molecular weight is 521 g/mol. The summed E-state index contributed by atoms with van der Waals surface area (Å²) in [5, 5.41) is 21.7. The Morgan fingerprint density at radius 3 is 2.53 bits per heavy atom. The first-order valence-electron chi connectivity index (χ1n) is 13.9. The summed E-state index contributed by atoms with van der Waals surface area (Å²) in [7, 11) is 0. The molecule has 1 heterocycles. The van der Waals surface area contributed by atoms with Crippen molar-refractivity contribution >= 4 is 29.2 Å². The fourth-order valence-corrected chi connectivity index (χ4v) is 9.96. The predicted molar refractivity (Wildman–Crippen MR) is 140 cm³/mol. The maximum atomic E-state index is 14.3. The van der Waals surface area contributed by atoms with Gasteiger partial charge >= 0.3 is 5.97 Å². The van der Waals surface area contributed by atoms with Crippen LogP contribution in [0.3, 0.4) is 0 Å². The number of allylic oxidation sites excluding steroid dienone is 2. The van der Waals surface area contributed by atoms with Crippen molar-refractivity contribution in [3.8, 4) is 0 Å². The monoisotopic (exact) mass is 520 g/mol. The van der Waals surface area contributed by atoms with Crippen LogP contribution < -0.4 is 4.90 Å². The summed E-state index contributed by atoms with van der Waals surface area (Å²) in [5.74, 6) is -1.95. The van der Waals surface area contributed by atoms with Gasteiger partial charge in [0.05, 0.1) is 27.9 Å². The third kappa shape index (κ3) is 3.00. The number of carboxylic acids is 1. The van der Waals surface area contributed by atoms with Crippen molar-refractivity contribution in [1.29, 1.82) is 0 Å². The van der Waals surface area contributed by atoms with Gasteiger partial charge in [-0.2, -0.15) is 0 Å². The number of amides is 2. The zero-order chi connectivity index (χ0) is 27.4. The fraction of sp³-hybridized carbons (Fsp3) is 0.633. The number of anilines is 1. The van der Waals surface area contributed by atoms with Gasteiger partial charge < -0.3 is 5.11 Å². The number of hydrogen-bond acceptors (Lipinski definition) is 5. The van der Waals surface area contributed by atoms with Gasteiger partial charge in [0, 0.05) is 17.5 Å². The largest absolute Gasteiger partial charge is 0.481 e. The molecule has 5 aliphatic carbocycles. The number of benzene rings is 1. The van der Waals surface area contributed by atoms with Crippen molar-refractivity contribution in [1.82, 2.24) is 0 Å². The molecule has 1 aromatic rings. The number of carboxylic acid groups (broad SMARTS) is 1. The van der Waals surface area contributed by atoms with E-state index in [9.17, 15) is 29.6 Å². The van der Waals surface area contributed by atoms with Crippen molar-refractivity contribution in [2.24, 2.45) is 51.8 Å². The van der Waals surface area contributed by atoms with Crippen molar-refractivity contribution in [2.75, 3.05) is 4.90 Å². The average Bonchev–Trinajstić information content (AvgIpc) is 3.15. The number of nitrogens with zero attached hydrogens (tertiary/aromatic N) is 2. The third-order valence-electron chi connectivity index (χ3n) is 11.5. The molecule has 1 aliphatic heterocycles. The molecular formula is C30H36N2O6. The van der Waals surface area contributed by atoms with Crippen LogP contribution in [0.1, 0.15) is 66.2 Å². The van der Waals surface area contributed by atoms with Gasteiger partial charge in [-0.15, -0.1) is 0 Å². The number of imide groups is 1. The SMILES string of the molecule is CC(C)C1=C[C@@]23CC[C@@H]4[C@](C)(CCC[C@@]4(C)C(=O)O)[C@@H]2C[C@H]1[C@H]1C(=O)N(c2cccc([N+](=O)[O-])c2)C(=O)[C@H]13. The van der Waals surface area contributed by atoms with E-state index in [0.717, 1.165) is 19.3 Å². The first kappa shape index (κ1) is 25.3. The highest BCUT2D eigenvalue weighted by molar-refractivity contribution is 6.23. The lowest BCUT2D eigenvalue weighted by atomic mass is 9.34. The summed E-state index contributed by atoms with van der Waals surface area (Å²) in [6.07, 6.45) is 6.97. The molecule has 3 saturated carbocycles. The zero-order valence-corrected chi connectivity index (χ0v) is 22.5. The maximum Gasteiger partial charge on any atom is 0.309 e. The fourth-order valence-electron chi connectivity index (χ4n) is 9.96. The predicted octanol–water partition coefficient (Wildman–Crippen LogP) is 5.61. The lowest BCUT2D eigenvalue weighted by Gasteiger charge is -2.68. The minimum Gasteiger partial charge on any atom is -0.481 e. The van der Waals surface area contributed by atoms with E-state index in [0.29, 0.717) is 19.3 Å². The molecule has 8 atom stereocenters. The molecule has 1 aromatic carbocycles. The number of carbonyl (C=O) groups excluding carboxylic acids is 2. The molecule has 2 bridgehead atoms. The van der Waals surface area contributed by atoms with E-state index in [-0.39, 0.29) is 52.3 Å². The molecule has 202 valence electrons. The second-order valence-electron chi connectivity index (χ2n) is 13.3. The minimum atomic E-state index is -0.792. The van der Waals surface area contributed by atoms with Gasteiger partial charge in [-0.05, 0) is 74.2 Å². The normalized spacial score (nSPS) is 41.4. The Hall–Kier alpha value is -3.03. The topological polar surface area (TPSA) is 118 Å². The van der Waals surface area contributed by atoms with Crippen LogP contribution in [0, 0.1) is 61.9 Å². The second-order valence-corrected chi connectivity index (χ2v) is 13.3. The summed E-state index contributed by atoms with van der Waals surface area (Å²) in [4.78, 5) is 53.0. The Morgan fingerprint density at radius 2 is 1.87 bits per heavy atom. The van der Waals surface area contributed by atoms with E-state index in [2.05, 4.69) is 26.8 Å². The van der Waals surface area contributed by atoms with E-state index in [1.54, 1.807) is 6.07 Å². The number of carbonyl (C=O) groups is 3. The van der Waals surface area contributed by atoms with Crippen molar-refractivity contribution in [3.63, 3.8) is 0 Å². The highest BCUT2D eigenvalue weighted by Gasteiger charge is 2.73. The summed E-state index contributed by atoms with van der Waals surface area (Å²) in [5.41, 5.74) is -0.195. The van der Waals surface area contributed by atoms with Gasteiger partial charge in [0.2, 0.25) is 11.8 Å². The lowest BCUT2D eigenvalue weighted by Crippen LogP contribution is -2.65. The Bertz CT molecular complexity index is 1300. The number of aliphatic carboxylic acids is 1. The van der Waals surface area contributed by atoms with Crippen LogP contribution in [0.15, 0.2) is 35.9 Å². The van der Waals surface area contributed by atoms with Gasteiger partial charge in [-0.25, -0.2) is 4.90 Å². The Morgan fingerprint density at radius 1 is 1.13 bits per heavy atom. The van der Waals surface area contributed by atoms with E-state index in [4.69, 9.17) is 0 Å². The van der Waals surface area contributed by atoms with E-state index >= 15 is 0 Å². The molecule has 4 fully saturated rings. The lowest BCUT2D eigenvalue weighted by molar-refractivity contribution is -0.384. The van der Waals surface area contributed by atoms with Gasteiger partial charge in [-0.1, -0.05) is 44.9 Å². The Kier molecular flexibility index (Phi) is 5.31. The number of nitro groups is 1. The van der Waals surface area contributed by atoms with E-state index in [1.165, 1.54) is 28.7 Å².